The zero-order chi connectivity index (χ0) is 21.7. The zero-order valence-electron chi connectivity index (χ0n) is 17.6. The van der Waals surface area contributed by atoms with Crippen molar-refractivity contribution in [1.82, 2.24) is 14.7 Å². The lowest BCUT2D eigenvalue weighted by Crippen LogP contribution is -2.55. The Kier molecular flexibility index (Phi) is 8.13. The van der Waals surface area contributed by atoms with Gasteiger partial charge in [0.05, 0.1) is 10.9 Å². The van der Waals surface area contributed by atoms with E-state index in [1.807, 2.05) is 24.0 Å². The Morgan fingerprint density at radius 2 is 1.80 bits per heavy atom. The first-order valence-corrected chi connectivity index (χ1v) is 11.6. The van der Waals surface area contributed by atoms with Crippen molar-refractivity contribution in [1.29, 1.82) is 0 Å². The Morgan fingerprint density at radius 3 is 2.40 bits per heavy atom. The van der Waals surface area contributed by atoms with E-state index >= 15 is 0 Å². The summed E-state index contributed by atoms with van der Waals surface area (Å²) >= 11 is 3.33. The number of aromatic hydroxyl groups is 1. The molecule has 0 unspecified atom stereocenters. The van der Waals surface area contributed by atoms with Crippen molar-refractivity contribution >= 4 is 27.8 Å². The van der Waals surface area contributed by atoms with Crippen molar-refractivity contribution in [3.8, 4) is 5.75 Å². The molecule has 1 atom stereocenters. The van der Waals surface area contributed by atoms with Crippen LogP contribution in [0.2, 0.25) is 0 Å². The van der Waals surface area contributed by atoms with Crippen molar-refractivity contribution in [3.05, 3.63) is 28.2 Å². The third-order valence-corrected chi connectivity index (χ3v) is 6.95. The largest absolute Gasteiger partial charge is 0.507 e. The molecule has 2 N–H and O–H groups in total. The molecular formula is C22H32BrN3O4. The van der Waals surface area contributed by atoms with E-state index in [1.165, 1.54) is 0 Å². The van der Waals surface area contributed by atoms with Gasteiger partial charge >= 0.3 is 5.97 Å². The summed E-state index contributed by atoms with van der Waals surface area (Å²) in [6.45, 7) is 7.87. The predicted molar refractivity (Wildman–Crippen MR) is 119 cm³/mol. The van der Waals surface area contributed by atoms with Gasteiger partial charge in [-0.05, 0) is 66.0 Å². The van der Waals surface area contributed by atoms with Gasteiger partial charge in [0.1, 0.15) is 5.75 Å². The molecule has 8 heteroatoms. The van der Waals surface area contributed by atoms with Crippen LogP contribution in [0.1, 0.15) is 31.7 Å². The van der Waals surface area contributed by atoms with E-state index in [9.17, 15) is 14.7 Å². The molecule has 2 aliphatic heterocycles. The Labute approximate surface area is 186 Å². The number of carboxylic acid groups (broad SMARTS) is 1. The second-order valence-electron chi connectivity index (χ2n) is 8.47. The molecule has 0 saturated carbocycles. The highest BCUT2D eigenvalue weighted by Gasteiger charge is 2.30. The standard InChI is InChI=1S/C22H32BrN3O4/c1-16(14-17-2-3-20(27)19(23)15-17)22(30)26-12-10-25(11-13-26)18-4-7-24(8-5-18)9-6-21(28)29/h2-3,15-16,18,27H,4-14H2,1H3,(H,28,29)/t16-/m1/s1. The van der Waals surface area contributed by atoms with Gasteiger partial charge in [-0.15, -0.1) is 0 Å². The average Bonchev–Trinajstić information content (AvgIpc) is 2.75. The Balaban J connectivity index is 1.42. The van der Waals surface area contributed by atoms with Gasteiger partial charge in [0.2, 0.25) is 5.91 Å². The summed E-state index contributed by atoms with van der Waals surface area (Å²) in [5.41, 5.74) is 1.04. The number of rotatable bonds is 7. The lowest BCUT2D eigenvalue weighted by molar-refractivity contribution is -0.138. The van der Waals surface area contributed by atoms with E-state index in [2.05, 4.69) is 25.7 Å². The van der Waals surface area contributed by atoms with Crippen LogP contribution in [0, 0.1) is 5.92 Å². The third kappa shape index (κ3) is 6.18. The topological polar surface area (TPSA) is 84.3 Å². The normalized spacial score (nSPS) is 20.3. The number of hydrogen-bond donors (Lipinski definition) is 2. The van der Waals surface area contributed by atoms with Crippen LogP contribution < -0.4 is 0 Å². The SMILES string of the molecule is C[C@H](Cc1ccc(O)c(Br)c1)C(=O)N1CCN(C2CCN(CCC(=O)O)CC2)CC1. The highest BCUT2D eigenvalue weighted by Crippen LogP contribution is 2.26. The number of aliphatic carboxylic acids is 1. The maximum atomic E-state index is 12.9. The second-order valence-corrected chi connectivity index (χ2v) is 9.32. The van der Waals surface area contributed by atoms with Crippen LogP contribution in [-0.4, -0.2) is 88.6 Å². The monoisotopic (exact) mass is 481 g/mol. The number of carbonyl (C=O) groups is 2. The summed E-state index contributed by atoms with van der Waals surface area (Å²) in [6, 6.07) is 5.93. The average molecular weight is 482 g/mol. The number of carboxylic acids is 1. The summed E-state index contributed by atoms with van der Waals surface area (Å²) in [6.07, 6.45) is 3.01. The number of hydrogen-bond acceptors (Lipinski definition) is 5. The van der Waals surface area contributed by atoms with Gasteiger partial charge in [-0.3, -0.25) is 14.5 Å². The van der Waals surface area contributed by atoms with E-state index in [0.29, 0.717) is 23.5 Å². The number of benzene rings is 1. The van der Waals surface area contributed by atoms with Crippen LogP contribution in [-0.2, 0) is 16.0 Å². The van der Waals surface area contributed by atoms with Gasteiger partial charge in [-0.1, -0.05) is 13.0 Å². The number of halogens is 1. The van der Waals surface area contributed by atoms with Gasteiger partial charge < -0.3 is 20.0 Å². The molecular weight excluding hydrogens is 450 g/mol. The number of carbonyl (C=O) groups excluding carboxylic acids is 1. The van der Waals surface area contributed by atoms with Gasteiger partial charge in [0, 0.05) is 44.7 Å². The van der Waals surface area contributed by atoms with Crippen LogP contribution in [0.3, 0.4) is 0 Å². The van der Waals surface area contributed by atoms with Crippen molar-refractivity contribution in [2.24, 2.45) is 5.92 Å². The van der Waals surface area contributed by atoms with Crippen LogP contribution in [0.5, 0.6) is 5.75 Å². The summed E-state index contributed by atoms with van der Waals surface area (Å²) < 4.78 is 0.655. The molecule has 1 amide bonds. The van der Waals surface area contributed by atoms with Gasteiger partial charge in [-0.25, -0.2) is 0 Å². The maximum absolute atomic E-state index is 12.9. The lowest BCUT2D eigenvalue weighted by Gasteiger charge is -2.43. The fourth-order valence-electron chi connectivity index (χ4n) is 4.50. The fraction of sp³-hybridized carbons (Fsp3) is 0.636. The third-order valence-electron chi connectivity index (χ3n) is 6.32. The molecule has 30 heavy (non-hydrogen) atoms. The minimum atomic E-state index is -0.731. The fourth-order valence-corrected chi connectivity index (χ4v) is 4.93. The first kappa shape index (κ1) is 23.0. The van der Waals surface area contributed by atoms with Crippen LogP contribution in [0.25, 0.3) is 0 Å². The minimum absolute atomic E-state index is 0.0922. The molecule has 0 radical (unpaired) electrons. The molecule has 1 aromatic rings. The number of likely N-dealkylation sites (tertiary alicyclic amines) is 1. The quantitative estimate of drug-likeness (QED) is 0.621. The molecule has 0 aromatic heterocycles. The smallest absolute Gasteiger partial charge is 0.304 e. The number of nitrogens with zero attached hydrogens (tertiary/aromatic N) is 3. The molecule has 2 aliphatic rings. The highest BCUT2D eigenvalue weighted by molar-refractivity contribution is 9.10. The van der Waals surface area contributed by atoms with Crippen molar-refractivity contribution in [2.45, 2.75) is 38.6 Å². The molecule has 166 valence electrons. The van der Waals surface area contributed by atoms with Crippen molar-refractivity contribution < 1.29 is 19.8 Å². The van der Waals surface area contributed by atoms with Crippen LogP contribution >= 0.6 is 15.9 Å². The maximum Gasteiger partial charge on any atom is 0.304 e. The van der Waals surface area contributed by atoms with E-state index in [1.54, 1.807) is 6.07 Å². The summed E-state index contributed by atoms with van der Waals surface area (Å²) in [5, 5.41) is 18.5. The first-order chi connectivity index (χ1) is 14.3. The summed E-state index contributed by atoms with van der Waals surface area (Å²) in [4.78, 5) is 30.4. The number of phenolic OH excluding ortho intramolecular Hbond substituents is 1. The minimum Gasteiger partial charge on any atom is -0.507 e. The lowest BCUT2D eigenvalue weighted by atomic mass is 9.98. The van der Waals surface area contributed by atoms with Crippen molar-refractivity contribution in [2.75, 3.05) is 45.8 Å². The van der Waals surface area contributed by atoms with Crippen molar-refractivity contribution in [3.63, 3.8) is 0 Å². The van der Waals surface area contributed by atoms with E-state index < -0.39 is 5.97 Å². The molecule has 3 rings (SSSR count). The van der Waals surface area contributed by atoms with Crippen LogP contribution in [0.15, 0.2) is 22.7 Å². The predicted octanol–water partition coefficient (Wildman–Crippen LogP) is 2.42. The van der Waals surface area contributed by atoms with E-state index in [0.717, 1.165) is 57.7 Å². The second kappa shape index (κ2) is 10.6. The molecule has 0 aliphatic carbocycles. The van der Waals surface area contributed by atoms with Gasteiger partial charge in [-0.2, -0.15) is 0 Å². The van der Waals surface area contributed by atoms with E-state index in [-0.39, 0.29) is 24.0 Å². The molecule has 2 fully saturated rings. The number of amides is 1. The van der Waals surface area contributed by atoms with Gasteiger partial charge in [0.15, 0.2) is 0 Å². The summed E-state index contributed by atoms with van der Waals surface area (Å²) in [7, 11) is 0. The summed E-state index contributed by atoms with van der Waals surface area (Å²) in [5.74, 6) is -0.417. The highest BCUT2D eigenvalue weighted by atomic mass is 79.9. The Hall–Kier alpha value is -1.64. The molecule has 7 nitrogen and oxygen atoms in total. The molecule has 2 saturated heterocycles. The van der Waals surface area contributed by atoms with E-state index in [4.69, 9.17) is 5.11 Å². The first-order valence-electron chi connectivity index (χ1n) is 10.8. The number of piperazine rings is 1. The van der Waals surface area contributed by atoms with Crippen LogP contribution in [0.4, 0.5) is 0 Å². The zero-order valence-corrected chi connectivity index (χ0v) is 19.2. The Morgan fingerprint density at radius 1 is 1.13 bits per heavy atom. The molecule has 0 bridgehead atoms. The number of phenols is 1. The van der Waals surface area contributed by atoms with Gasteiger partial charge in [0.25, 0.3) is 0 Å². The molecule has 1 aromatic carbocycles. The molecule has 2 heterocycles. The number of piperidine rings is 1. The molecule has 0 spiro atoms. The Bertz CT molecular complexity index is 744.